The van der Waals surface area contributed by atoms with E-state index in [0.717, 1.165) is 71.0 Å². The molecule has 6 nitrogen and oxygen atoms in total. The van der Waals surface area contributed by atoms with Crippen molar-refractivity contribution < 1.29 is 9.59 Å². The van der Waals surface area contributed by atoms with Crippen LogP contribution in [0.4, 0.5) is 4.79 Å². The summed E-state index contributed by atoms with van der Waals surface area (Å²) in [7, 11) is 0. The molecule has 2 fully saturated rings. The summed E-state index contributed by atoms with van der Waals surface area (Å²) in [5.41, 5.74) is 9.97. The number of nitrogens with two attached hydrogens (primary N) is 1. The maximum atomic E-state index is 13.2. The molecule has 0 spiro atoms. The summed E-state index contributed by atoms with van der Waals surface area (Å²) in [6.07, 6.45) is 11.2. The molecular formula is C28H31Br2ClN4O2. The van der Waals surface area contributed by atoms with Gasteiger partial charge in [-0.25, -0.2) is 4.79 Å². The van der Waals surface area contributed by atoms with Crippen molar-refractivity contribution >= 4 is 67.6 Å². The van der Waals surface area contributed by atoms with Crippen LogP contribution in [-0.2, 0) is 4.79 Å². The Hall–Kier alpha value is -1.90. The second-order valence-electron chi connectivity index (χ2n) is 10.4. The molecule has 2 aromatic rings. The number of pyridine rings is 1. The van der Waals surface area contributed by atoms with E-state index in [9.17, 15) is 9.59 Å². The number of urea groups is 1. The lowest BCUT2D eigenvalue weighted by molar-refractivity contribution is -0.133. The molecule has 196 valence electrons. The van der Waals surface area contributed by atoms with Crippen LogP contribution in [0.5, 0.6) is 0 Å². The number of carbonyl (C=O) groups is 2. The molecule has 3 heterocycles. The summed E-state index contributed by atoms with van der Waals surface area (Å²) in [5, 5.41) is 0.701. The fourth-order valence-electron chi connectivity index (χ4n) is 6.15. The Kier molecular flexibility index (Phi) is 8.27. The largest absolute Gasteiger partial charge is 0.351 e. The van der Waals surface area contributed by atoms with E-state index in [1.165, 1.54) is 5.56 Å². The Bertz CT molecular complexity index is 1230. The van der Waals surface area contributed by atoms with E-state index in [-0.39, 0.29) is 17.9 Å². The first kappa shape index (κ1) is 26.7. The number of nitrogens with zero attached hydrogens (tertiary/aromatic N) is 3. The summed E-state index contributed by atoms with van der Waals surface area (Å²) in [5.74, 6) is 1.01. The highest BCUT2D eigenvalue weighted by molar-refractivity contribution is 9.10. The molecule has 1 aromatic heterocycles. The van der Waals surface area contributed by atoms with E-state index in [4.69, 9.17) is 22.3 Å². The van der Waals surface area contributed by atoms with Crippen LogP contribution in [-0.4, -0.2) is 52.9 Å². The molecule has 5 rings (SSSR count). The van der Waals surface area contributed by atoms with Crippen LogP contribution >= 0.6 is 43.5 Å². The lowest BCUT2D eigenvalue weighted by Gasteiger charge is -2.37. The van der Waals surface area contributed by atoms with Crippen molar-refractivity contribution in [3.63, 3.8) is 0 Å². The first-order chi connectivity index (χ1) is 17.8. The topological polar surface area (TPSA) is 79.5 Å². The number of rotatable bonds is 3. The fraction of sp³-hybridized carbons (Fsp3) is 0.464. The standard InChI is InChI=1S/C28H31Br2ClN4O2/c29-21-13-20-4-3-19-14-22(31)15-23(30)25(19)26(27(20)33-16-21)18-6-10-34(11-7-18)24(36)12-17-2-1-8-35(9-5-17)28(32)37/h3-4,13-18,26H,1-2,5-12H2,(H2,32,37). The number of hydrogen-bond acceptors (Lipinski definition) is 3. The van der Waals surface area contributed by atoms with Gasteiger partial charge in [-0.15, -0.1) is 0 Å². The third-order valence-electron chi connectivity index (χ3n) is 8.08. The van der Waals surface area contributed by atoms with E-state index < -0.39 is 0 Å². The van der Waals surface area contributed by atoms with Crippen molar-refractivity contribution in [3.8, 4) is 0 Å². The van der Waals surface area contributed by atoms with Crippen LogP contribution in [0.15, 0.2) is 33.3 Å². The number of likely N-dealkylation sites (tertiary alicyclic amines) is 2. The zero-order chi connectivity index (χ0) is 26.1. The van der Waals surface area contributed by atoms with E-state index in [1.807, 2.05) is 23.2 Å². The van der Waals surface area contributed by atoms with Gasteiger partial charge in [-0.05, 0) is 94.8 Å². The molecule has 2 aliphatic heterocycles. The van der Waals surface area contributed by atoms with Crippen LogP contribution in [0.2, 0.25) is 5.02 Å². The van der Waals surface area contributed by atoms with E-state index >= 15 is 0 Å². The second kappa shape index (κ2) is 11.5. The molecule has 3 aliphatic rings. The summed E-state index contributed by atoms with van der Waals surface area (Å²) < 4.78 is 1.95. The zero-order valence-corrected chi connectivity index (χ0v) is 24.6. The predicted octanol–water partition coefficient (Wildman–Crippen LogP) is 6.69. The third kappa shape index (κ3) is 5.91. The van der Waals surface area contributed by atoms with Crippen molar-refractivity contribution in [2.75, 3.05) is 26.2 Å². The van der Waals surface area contributed by atoms with Gasteiger partial charge >= 0.3 is 6.03 Å². The normalized spacial score (nSPS) is 22.1. The first-order valence-corrected chi connectivity index (χ1v) is 14.9. The first-order valence-electron chi connectivity index (χ1n) is 12.9. The molecule has 0 saturated carbocycles. The summed E-state index contributed by atoms with van der Waals surface area (Å²) in [6.45, 7) is 2.84. The minimum absolute atomic E-state index is 0.110. The van der Waals surface area contributed by atoms with Gasteiger partial charge < -0.3 is 15.5 Å². The van der Waals surface area contributed by atoms with Crippen molar-refractivity contribution in [2.24, 2.45) is 17.6 Å². The number of halogens is 3. The van der Waals surface area contributed by atoms with Gasteiger partial charge in [0.1, 0.15) is 0 Å². The number of hydrogen-bond donors (Lipinski definition) is 1. The third-order valence-corrected chi connectivity index (χ3v) is 9.38. The van der Waals surface area contributed by atoms with Gasteiger partial charge in [0, 0.05) is 58.7 Å². The van der Waals surface area contributed by atoms with Gasteiger partial charge in [0.25, 0.3) is 0 Å². The molecule has 2 unspecified atom stereocenters. The zero-order valence-electron chi connectivity index (χ0n) is 20.6. The molecule has 9 heteroatoms. The van der Waals surface area contributed by atoms with Crippen molar-refractivity contribution in [1.82, 2.24) is 14.8 Å². The number of piperidine rings is 1. The van der Waals surface area contributed by atoms with Gasteiger partial charge in [-0.3, -0.25) is 9.78 Å². The van der Waals surface area contributed by atoms with Crippen molar-refractivity contribution in [3.05, 3.63) is 60.7 Å². The van der Waals surface area contributed by atoms with Crippen molar-refractivity contribution in [2.45, 2.75) is 44.4 Å². The van der Waals surface area contributed by atoms with Gasteiger partial charge in [0.2, 0.25) is 5.91 Å². The summed E-state index contributed by atoms with van der Waals surface area (Å²) in [4.78, 5) is 33.4. The van der Waals surface area contributed by atoms with E-state index in [1.54, 1.807) is 4.90 Å². The van der Waals surface area contributed by atoms with Crippen LogP contribution < -0.4 is 5.73 Å². The van der Waals surface area contributed by atoms with Crippen molar-refractivity contribution in [1.29, 1.82) is 0 Å². The molecule has 2 atom stereocenters. The lowest BCUT2D eigenvalue weighted by atomic mass is 9.76. The highest BCUT2D eigenvalue weighted by Crippen LogP contribution is 2.46. The number of benzene rings is 1. The SMILES string of the molecule is NC(=O)N1CCCC(CC(=O)N2CCC(C3c4ncc(Br)cc4C=Cc4cc(Cl)cc(Br)c43)CC2)CC1. The fourth-order valence-corrected chi connectivity index (χ4v) is 7.58. The molecule has 2 N–H and O–H groups in total. The number of fused-ring (bicyclic) bond motifs is 2. The van der Waals surface area contributed by atoms with Gasteiger partial charge in [0.15, 0.2) is 0 Å². The molecule has 37 heavy (non-hydrogen) atoms. The smallest absolute Gasteiger partial charge is 0.314 e. The lowest BCUT2D eigenvalue weighted by Crippen LogP contribution is -2.41. The minimum Gasteiger partial charge on any atom is -0.351 e. The maximum absolute atomic E-state index is 13.2. The Morgan fingerprint density at radius 2 is 1.70 bits per heavy atom. The van der Waals surface area contributed by atoms with Gasteiger partial charge in [-0.2, -0.15) is 0 Å². The number of amides is 3. The molecule has 2 saturated heterocycles. The van der Waals surface area contributed by atoms with Gasteiger partial charge in [-0.1, -0.05) is 39.7 Å². The maximum Gasteiger partial charge on any atom is 0.314 e. The summed E-state index contributed by atoms with van der Waals surface area (Å²) in [6, 6.07) is 5.76. The highest BCUT2D eigenvalue weighted by atomic mass is 79.9. The molecule has 1 aromatic carbocycles. The monoisotopic (exact) mass is 648 g/mol. The van der Waals surface area contributed by atoms with Crippen LogP contribution in [0, 0.1) is 11.8 Å². The van der Waals surface area contributed by atoms with Crippen LogP contribution in [0.25, 0.3) is 12.2 Å². The van der Waals surface area contributed by atoms with Crippen LogP contribution in [0.1, 0.15) is 66.8 Å². The Morgan fingerprint density at radius 1 is 0.973 bits per heavy atom. The molecule has 3 amide bonds. The minimum atomic E-state index is -0.360. The number of aromatic nitrogens is 1. The predicted molar refractivity (Wildman–Crippen MR) is 154 cm³/mol. The Balaban J connectivity index is 1.31. The average molecular weight is 651 g/mol. The number of primary amides is 1. The van der Waals surface area contributed by atoms with E-state index in [2.05, 4.69) is 50.1 Å². The highest BCUT2D eigenvalue weighted by Gasteiger charge is 2.36. The summed E-state index contributed by atoms with van der Waals surface area (Å²) >= 11 is 13.8. The average Bonchev–Trinajstić information content (AvgIpc) is 3.19. The van der Waals surface area contributed by atoms with Crippen LogP contribution in [0.3, 0.4) is 0 Å². The quantitative estimate of drug-likeness (QED) is 0.403. The van der Waals surface area contributed by atoms with E-state index in [0.29, 0.717) is 36.4 Å². The van der Waals surface area contributed by atoms with Gasteiger partial charge in [0.05, 0.1) is 5.69 Å². The Labute approximate surface area is 239 Å². The second-order valence-corrected chi connectivity index (χ2v) is 12.6. The molecule has 1 aliphatic carbocycles. The molecule has 0 bridgehead atoms. The Morgan fingerprint density at radius 3 is 2.46 bits per heavy atom. The number of carbonyl (C=O) groups excluding carboxylic acids is 2. The molecular weight excluding hydrogens is 620 g/mol. The molecule has 0 radical (unpaired) electrons.